The first-order valence-corrected chi connectivity index (χ1v) is 8.09. The number of halogens is 1. The molecule has 0 aliphatic heterocycles. The predicted molar refractivity (Wildman–Crippen MR) is 98.9 cm³/mol. The molecule has 0 radical (unpaired) electrons. The van der Waals surface area contributed by atoms with E-state index in [9.17, 15) is 0 Å². The summed E-state index contributed by atoms with van der Waals surface area (Å²) in [6.07, 6.45) is 3.60. The Morgan fingerprint density at radius 2 is 2.19 bits per heavy atom. The molecule has 2 rings (SSSR count). The molecule has 0 atom stereocenters. The van der Waals surface area contributed by atoms with Crippen LogP contribution in [0.3, 0.4) is 0 Å². The van der Waals surface area contributed by atoms with Crippen LogP contribution < -0.4 is 10.6 Å². The molecule has 1 heterocycles. The molecule has 1 aliphatic carbocycles. The van der Waals surface area contributed by atoms with E-state index >= 15 is 0 Å². The van der Waals surface area contributed by atoms with Gasteiger partial charge in [0.1, 0.15) is 0 Å². The van der Waals surface area contributed by atoms with Gasteiger partial charge in [-0.15, -0.1) is 35.3 Å². The Hall–Kier alpha value is -0.410. The maximum Gasteiger partial charge on any atom is 0.191 e. The summed E-state index contributed by atoms with van der Waals surface area (Å²) in [6.45, 7) is 5.32. The average molecular weight is 424 g/mol. The Labute approximate surface area is 148 Å². The summed E-state index contributed by atoms with van der Waals surface area (Å²) < 4.78 is 5.58. The van der Waals surface area contributed by atoms with E-state index in [-0.39, 0.29) is 24.0 Å². The van der Waals surface area contributed by atoms with Gasteiger partial charge in [0.05, 0.1) is 17.3 Å². The third-order valence-electron chi connectivity index (χ3n) is 3.15. The SMILES string of the molecule is CN=C(NCCOCC1CC1)NCCc1csc(C)n1.I. The maximum atomic E-state index is 5.58. The summed E-state index contributed by atoms with van der Waals surface area (Å²) in [4.78, 5) is 8.63. The topological polar surface area (TPSA) is 58.5 Å². The molecule has 2 N–H and O–H groups in total. The molecule has 0 saturated heterocycles. The number of nitrogens with zero attached hydrogens (tertiary/aromatic N) is 2. The molecule has 5 nitrogen and oxygen atoms in total. The molecule has 0 amide bonds. The Morgan fingerprint density at radius 1 is 1.43 bits per heavy atom. The van der Waals surface area contributed by atoms with Crippen molar-refractivity contribution in [3.05, 3.63) is 16.1 Å². The van der Waals surface area contributed by atoms with Crippen molar-refractivity contribution < 1.29 is 4.74 Å². The van der Waals surface area contributed by atoms with E-state index in [4.69, 9.17) is 4.74 Å². The van der Waals surface area contributed by atoms with Crippen LogP contribution in [0.25, 0.3) is 0 Å². The molecule has 120 valence electrons. The van der Waals surface area contributed by atoms with Crippen molar-refractivity contribution in [3.63, 3.8) is 0 Å². The van der Waals surface area contributed by atoms with Gasteiger partial charge in [-0.1, -0.05) is 0 Å². The van der Waals surface area contributed by atoms with E-state index in [2.05, 4.69) is 26.0 Å². The van der Waals surface area contributed by atoms with Gasteiger partial charge in [0.2, 0.25) is 0 Å². The van der Waals surface area contributed by atoms with E-state index in [0.29, 0.717) is 0 Å². The molecule has 21 heavy (non-hydrogen) atoms. The zero-order chi connectivity index (χ0) is 14.2. The van der Waals surface area contributed by atoms with Crippen molar-refractivity contribution in [2.45, 2.75) is 26.2 Å². The number of aliphatic imine (C=N–C) groups is 1. The minimum Gasteiger partial charge on any atom is -0.379 e. The van der Waals surface area contributed by atoms with Crippen molar-refractivity contribution in [3.8, 4) is 0 Å². The Kier molecular flexibility index (Phi) is 9.18. The molecule has 0 unspecified atom stereocenters. The van der Waals surface area contributed by atoms with Gasteiger partial charge in [-0.2, -0.15) is 0 Å². The Morgan fingerprint density at radius 3 is 2.81 bits per heavy atom. The van der Waals surface area contributed by atoms with E-state index in [1.165, 1.54) is 12.8 Å². The van der Waals surface area contributed by atoms with Crippen molar-refractivity contribution in [1.82, 2.24) is 15.6 Å². The lowest BCUT2D eigenvalue weighted by Gasteiger charge is -2.11. The van der Waals surface area contributed by atoms with Crippen molar-refractivity contribution in [2.24, 2.45) is 10.9 Å². The van der Waals surface area contributed by atoms with Gasteiger partial charge in [-0.3, -0.25) is 4.99 Å². The quantitative estimate of drug-likeness (QED) is 0.291. The fourth-order valence-electron chi connectivity index (χ4n) is 1.83. The third-order valence-corrected chi connectivity index (χ3v) is 3.98. The van der Waals surface area contributed by atoms with Crippen LogP contribution in [0.4, 0.5) is 0 Å². The lowest BCUT2D eigenvalue weighted by Crippen LogP contribution is -2.39. The normalized spacial score (nSPS) is 14.7. The third kappa shape index (κ3) is 7.96. The van der Waals surface area contributed by atoms with Crippen LogP contribution >= 0.6 is 35.3 Å². The molecule has 1 fully saturated rings. The second-order valence-electron chi connectivity index (χ2n) is 5.05. The van der Waals surface area contributed by atoms with Gasteiger partial charge in [0.15, 0.2) is 5.96 Å². The summed E-state index contributed by atoms with van der Waals surface area (Å²) in [5.74, 6) is 1.65. The zero-order valence-corrected chi connectivity index (χ0v) is 15.9. The highest BCUT2D eigenvalue weighted by Gasteiger charge is 2.20. The fraction of sp³-hybridized carbons (Fsp3) is 0.714. The standard InChI is InChI=1S/C14H24N4OS.HI/c1-11-18-13(10-20-11)5-6-16-14(15-2)17-7-8-19-9-12-3-4-12;/h10,12H,3-9H2,1-2H3,(H2,15,16,17);1H. The summed E-state index contributed by atoms with van der Waals surface area (Å²) >= 11 is 1.69. The minimum atomic E-state index is 0. The molecule has 0 spiro atoms. The van der Waals surface area contributed by atoms with Crippen LogP contribution in [0.1, 0.15) is 23.5 Å². The second kappa shape index (κ2) is 10.3. The molecule has 1 saturated carbocycles. The molecule has 1 aliphatic rings. The Balaban J connectivity index is 0.00000220. The molecule has 1 aromatic rings. The highest BCUT2D eigenvalue weighted by molar-refractivity contribution is 14.0. The van der Waals surface area contributed by atoms with Gasteiger partial charge < -0.3 is 15.4 Å². The number of ether oxygens (including phenoxy) is 1. The van der Waals surface area contributed by atoms with E-state index < -0.39 is 0 Å². The van der Waals surface area contributed by atoms with Crippen LogP contribution in [0, 0.1) is 12.8 Å². The van der Waals surface area contributed by atoms with Crippen molar-refractivity contribution >= 4 is 41.3 Å². The van der Waals surface area contributed by atoms with Crippen LogP contribution in [-0.2, 0) is 11.2 Å². The zero-order valence-electron chi connectivity index (χ0n) is 12.7. The van der Waals surface area contributed by atoms with Crippen molar-refractivity contribution in [2.75, 3.05) is 33.4 Å². The summed E-state index contributed by atoms with van der Waals surface area (Å²) in [6, 6.07) is 0. The van der Waals surface area contributed by atoms with Crippen LogP contribution in [0.15, 0.2) is 10.4 Å². The fourth-order valence-corrected chi connectivity index (χ4v) is 2.48. The summed E-state index contributed by atoms with van der Waals surface area (Å²) in [5.41, 5.74) is 1.14. The van der Waals surface area contributed by atoms with Crippen LogP contribution in [0.5, 0.6) is 0 Å². The number of hydrogen-bond donors (Lipinski definition) is 2. The minimum absolute atomic E-state index is 0. The molecular formula is C14H25IN4OS. The molecule has 1 aromatic heterocycles. The monoisotopic (exact) mass is 424 g/mol. The lowest BCUT2D eigenvalue weighted by molar-refractivity contribution is 0.129. The summed E-state index contributed by atoms with van der Waals surface area (Å²) in [5, 5.41) is 9.77. The number of aryl methyl sites for hydroxylation is 1. The lowest BCUT2D eigenvalue weighted by atomic mass is 10.3. The largest absolute Gasteiger partial charge is 0.379 e. The summed E-state index contributed by atoms with van der Waals surface area (Å²) in [7, 11) is 1.79. The second-order valence-corrected chi connectivity index (χ2v) is 6.11. The number of rotatable bonds is 8. The van der Waals surface area contributed by atoms with E-state index in [0.717, 1.165) is 55.3 Å². The predicted octanol–water partition coefficient (Wildman–Crippen LogP) is 2.20. The average Bonchev–Trinajstić information content (AvgIpc) is 3.18. The van der Waals surface area contributed by atoms with Gasteiger partial charge >= 0.3 is 0 Å². The van der Waals surface area contributed by atoms with Gasteiger partial charge in [0, 0.05) is 38.5 Å². The number of thiazole rings is 1. The first kappa shape index (κ1) is 18.6. The smallest absolute Gasteiger partial charge is 0.191 e. The van der Waals surface area contributed by atoms with Gasteiger partial charge in [-0.05, 0) is 25.7 Å². The van der Waals surface area contributed by atoms with Crippen molar-refractivity contribution in [1.29, 1.82) is 0 Å². The van der Waals surface area contributed by atoms with E-state index in [1.54, 1.807) is 18.4 Å². The highest BCUT2D eigenvalue weighted by Crippen LogP contribution is 2.28. The van der Waals surface area contributed by atoms with Gasteiger partial charge in [-0.25, -0.2) is 4.98 Å². The van der Waals surface area contributed by atoms with Gasteiger partial charge in [0.25, 0.3) is 0 Å². The molecular weight excluding hydrogens is 399 g/mol. The maximum absolute atomic E-state index is 5.58. The number of nitrogens with one attached hydrogen (secondary N) is 2. The number of guanidine groups is 1. The molecule has 0 bridgehead atoms. The van der Waals surface area contributed by atoms with Crippen LogP contribution in [-0.4, -0.2) is 44.3 Å². The first-order valence-electron chi connectivity index (χ1n) is 7.21. The first-order chi connectivity index (χ1) is 9.78. The highest BCUT2D eigenvalue weighted by atomic mass is 127. The van der Waals surface area contributed by atoms with E-state index in [1.807, 2.05) is 6.92 Å². The number of aromatic nitrogens is 1. The Bertz CT molecular complexity index is 434. The van der Waals surface area contributed by atoms with Crippen LogP contribution in [0.2, 0.25) is 0 Å². The number of hydrogen-bond acceptors (Lipinski definition) is 4. The molecule has 7 heteroatoms. The molecule has 0 aromatic carbocycles.